The lowest BCUT2D eigenvalue weighted by molar-refractivity contribution is -0.132. The quantitative estimate of drug-likeness (QED) is 0.915. The van der Waals surface area contributed by atoms with E-state index in [1.54, 1.807) is 0 Å². The zero-order valence-corrected chi connectivity index (χ0v) is 13.1. The molecule has 3 heteroatoms. The fraction of sp³-hybridized carbons (Fsp3) is 0.588. The number of nitrogens with one attached hydrogen (secondary N) is 1. The predicted octanol–water partition coefficient (Wildman–Crippen LogP) is 2.96. The van der Waals surface area contributed by atoms with E-state index in [2.05, 4.69) is 44.3 Å². The number of hydrogen-bond acceptors (Lipinski definition) is 2. The number of hydrogen-bond donors (Lipinski definition) is 1. The highest BCUT2D eigenvalue weighted by atomic mass is 16.2. The third-order valence-corrected chi connectivity index (χ3v) is 4.18. The molecule has 1 aromatic rings. The van der Waals surface area contributed by atoms with Crippen molar-refractivity contribution < 1.29 is 4.79 Å². The van der Waals surface area contributed by atoms with E-state index in [0.29, 0.717) is 0 Å². The minimum atomic E-state index is -0.121. The molecule has 1 saturated heterocycles. The number of likely N-dealkylation sites (tertiary alicyclic amines) is 1. The highest BCUT2D eigenvalue weighted by Gasteiger charge is 2.24. The average molecular weight is 274 g/mol. The number of amides is 1. The van der Waals surface area contributed by atoms with Gasteiger partial charge in [0.1, 0.15) is 0 Å². The van der Waals surface area contributed by atoms with Crippen LogP contribution in [0.1, 0.15) is 49.4 Å². The lowest BCUT2D eigenvalue weighted by atomic mass is 9.99. The van der Waals surface area contributed by atoms with Crippen molar-refractivity contribution in [1.82, 2.24) is 10.2 Å². The van der Waals surface area contributed by atoms with Crippen molar-refractivity contribution in [2.45, 2.75) is 52.6 Å². The number of aryl methyl sites for hydroxylation is 2. The van der Waals surface area contributed by atoms with Crippen LogP contribution in [0.25, 0.3) is 0 Å². The van der Waals surface area contributed by atoms with Crippen LogP contribution in [0.4, 0.5) is 0 Å². The molecule has 1 N–H and O–H groups in total. The number of rotatable bonds is 4. The first kappa shape index (κ1) is 15.0. The Morgan fingerprint density at radius 1 is 1.20 bits per heavy atom. The normalized spacial score (nSPS) is 18.1. The molecular formula is C17H26N2O. The van der Waals surface area contributed by atoms with Gasteiger partial charge in [0.15, 0.2) is 0 Å². The van der Waals surface area contributed by atoms with Crippen molar-refractivity contribution in [2.24, 2.45) is 0 Å². The van der Waals surface area contributed by atoms with Gasteiger partial charge >= 0.3 is 0 Å². The molecule has 0 bridgehead atoms. The average Bonchev–Trinajstić information content (AvgIpc) is 2.91. The van der Waals surface area contributed by atoms with E-state index in [1.165, 1.54) is 16.7 Å². The van der Waals surface area contributed by atoms with Gasteiger partial charge in [0.25, 0.3) is 0 Å². The summed E-state index contributed by atoms with van der Waals surface area (Å²) in [6, 6.07) is 6.56. The van der Waals surface area contributed by atoms with E-state index >= 15 is 0 Å². The zero-order valence-electron chi connectivity index (χ0n) is 13.1. The Bertz CT molecular complexity index is 478. The largest absolute Gasteiger partial charge is 0.341 e. The molecule has 3 nitrogen and oxygen atoms in total. The van der Waals surface area contributed by atoms with Crippen LogP contribution >= 0.6 is 0 Å². The van der Waals surface area contributed by atoms with Crippen LogP contribution in [-0.4, -0.2) is 29.9 Å². The number of nitrogens with zero attached hydrogens (tertiary/aromatic N) is 1. The Kier molecular flexibility index (Phi) is 4.81. The molecule has 2 atom stereocenters. The molecule has 1 amide bonds. The molecule has 1 aliphatic rings. The van der Waals surface area contributed by atoms with Gasteiger partial charge < -0.3 is 4.90 Å². The maximum atomic E-state index is 12.3. The molecule has 1 fully saturated rings. The minimum absolute atomic E-state index is 0.121. The van der Waals surface area contributed by atoms with E-state index in [0.717, 1.165) is 25.9 Å². The van der Waals surface area contributed by atoms with Gasteiger partial charge in [0.2, 0.25) is 5.91 Å². The Morgan fingerprint density at radius 3 is 2.45 bits per heavy atom. The molecule has 2 rings (SSSR count). The molecular weight excluding hydrogens is 248 g/mol. The fourth-order valence-electron chi connectivity index (χ4n) is 3.06. The number of carbonyl (C=O) groups is 1. The summed E-state index contributed by atoms with van der Waals surface area (Å²) in [5.41, 5.74) is 3.84. The maximum absolute atomic E-state index is 12.3. The van der Waals surface area contributed by atoms with Gasteiger partial charge in [-0.3, -0.25) is 10.1 Å². The van der Waals surface area contributed by atoms with Gasteiger partial charge in [0.05, 0.1) is 6.04 Å². The minimum Gasteiger partial charge on any atom is -0.341 e. The molecule has 2 unspecified atom stereocenters. The second-order valence-electron chi connectivity index (χ2n) is 6.00. The van der Waals surface area contributed by atoms with Gasteiger partial charge in [-0.15, -0.1) is 0 Å². The summed E-state index contributed by atoms with van der Waals surface area (Å²) in [7, 11) is 0. The molecule has 0 radical (unpaired) electrons. The predicted molar refractivity (Wildman–Crippen MR) is 82.7 cm³/mol. The maximum Gasteiger partial charge on any atom is 0.239 e. The van der Waals surface area contributed by atoms with Crippen LogP contribution in [0.5, 0.6) is 0 Å². The fourth-order valence-corrected chi connectivity index (χ4v) is 3.06. The van der Waals surface area contributed by atoms with E-state index in [9.17, 15) is 4.79 Å². The smallest absolute Gasteiger partial charge is 0.239 e. The molecule has 1 aliphatic heterocycles. The van der Waals surface area contributed by atoms with Crippen molar-refractivity contribution in [3.8, 4) is 0 Å². The Labute approximate surface area is 122 Å². The van der Waals surface area contributed by atoms with Gasteiger partial charge in [-0.2, -0.15) is 0 Å². The van der Waals surface area contributed by atoms with Gasteiger partial charge in [-0.1, -0.05) is 23.8 Å². The molecule has 0 aromatic heterocycles. The summed E-state index contributed by atoms with van der Waals surface area (Å²) in [5, 5.41) is 3.44. The molecule has 1 aromatic carbocycles. The lowest BCUT2D eigenvalue weighted by Crippen LogP contribution is -2.44. The van der Waals surface area contributed by atoms with Crippen LogP contribution in [0, 0.1) is 13.8 Å². The van der Waals surface area contributed by atoms with E-state index in [-0.39, 0.29) is 18.0 Å². The monoisotopic (exact) mass is 274 g/mol. The zero-order chi connectivity index (χ0) is 14.7. The van der Waals surface area contributed by atoms with E-state index in [4.69, 9.17) is 0 Å². The topological polar surface area (TPSA) is 32.3 Å². The Hall–Kier alpha value is -1.35. The standard InChI is InChI=1S/C17H26N2O/c1-12-7-8-16(13(2)11-12)14(3)18-15(4)17(20)19-9-5-6-10-19/h7-8,11,14-15,18H,5-6,9-10H2,1-4H3. The number of benzene rings is 1. The first-order valence-corrected chi connectivity index (χ1v) is 7.61. The second kappa shape index (κ2) is 6.40. The lowest BCUT2D eigenvalue weighted by Gasteiger charge is -2.25. The van der Waals surface area contributed by atoms with Crippen LogP contribution in [0.2, 0.25) is 0 Å². The third-order valence-electron chi connectivity index (χ3n) is 4.18. The van der Waals surface area contributed by atoms with Crippen molar-refractivity contribution in [3.63, 3.8) is 0 Å². The van der Waals surface area contributed by atoms with Crippen molar-refractivity contribution in [2.75, 3.05) is 13.1 Å². The summed E-state index contributed by atoms with van der Waals surface area (Å²) >= 11 is 0. The summed E-state index contributed by atoms with van der Waals surface area (Å²) < 4.78 is 0. The molecule has 1 heterocycles. The van der Waals surface area contributed by atoms with Crippen molar-refractivity contribution in [3.05, 3.63) is 34.9 Å². The highest BCUT2D eigenvalue weighted by molar-refractivity contribution is 5.81. The molecule has 0 saturated carbocycles. The molecule has 0 spiro atoms. The first-order chi connectivity index (χ1) is 9.49. The van der Waals surface area contributed by atoms with Crippen molar-refractivity contribution >= 4 is 5.91 Å². The van der Waals surface area contributed by atoms with E-state index in [1.807, 2.05) is 11.8 Å². The molecule has 0 aliphatic carbocycles. The van der Waals surface area contributed by atoms with E-state index < -0.39 is 0 Å². The Morgan fingerprint density at radius 2 is 1.85 bits per heavy atom. The van der Waals surface area contributed by atoms with Crippen LogP contribution < -0.4 is 5.32 Å². The first-order valence-electron chi connectivity index (χ1n) is 7.61. The number of carbonyl (C=O) groups excluding carboxylic acids is 1. The van der Waals surface area contributed by atoms with Gasteiger partial charge in [-0.05, 0) is 51.7 Å². The van der Waals surface area contributed by atoms with Gasteiger partial charge in [0, 0.05) is 19.1 Å². The Balaban J connectivity index is 1.99. The summed E-state index contributed by atoms with van der Waals surface area (Å²) in [5.74, 6) is 0.235. The van der Waals surface area contributed by atoms with Crippen LogP contribution in [0.15, 0.2) is 18.2 Å². The van der Waals surface area contributed by atoms with Crippen LogP contribution in [0.3, 0.4) is 0 Å². The van der Waals surface area contributed by atoms with Crippen LogP contribution in [-0.2, 0) is 4.79 Å². The SMILES string of the molecule is Cc1ccc(C(C)NC(C)C(=O)N2CCCC2)c(C)c1. The molecule has 110 valence electrons. The van der Waals surface area contributed by atoms with Gasteiger partial charge in [-0.25, -0.2) is 0 Å². The second-order valence-corrected chi connectivity index (χ2v) is 6.00. The summed E-state index contributed by atoms with van der Waals surface area (Å²) in [4.78, 5) is 14.3. The highest BCUT2D eigenvalue weighted by Crippen LogP contribution is 2.19. The summed E-state index contributed by atoms with van der Waals surface area (Å²) in [6.07, 6.45) is 2.29. The molecule has 20 heavy (non-hydrogen) atoms. The third kappa shape index (κ3) is 3.40. The van der Waals surface area contributed by atoms with Crippen molar-refractivity contribution in [1.29, 1.82) is 0 Å². The summed E-state index contributed by atoms with van der Waals surface area (Å²) in [6.45, 7) is 10.2.